The Bertz CT molecular complexity index is 561. The molecule has 23 heavy (non-hydrogen) atoms. The van der Waals surface area contributed by atoms with Crippen LogP contribution in [0.1, 0.15) is 12.5 Å². The van der Waals surface area contributed by atoms with Crippen molar-refractivity contribution < 1.29 is 28.9 Å². The summed E-state index contributed by atoms with van der Waals surface area (Å²) in [7, 11) is 1.59. The van der Waals surface area contributed by atoms with Crippen molar-refractivity contribution in [3.63, 3.8) is 0 Å². The molecule has 0 saturated carbocycles. The van der Waals surface area contributed by atoms with Crippen molar-refractivity contribution in [3.8, 4) is 5.75 Å². The fraction of sp³-hybridized carbons (Fsp3) is 0.500. The van der Waals surface area contributed by atoms with Gasteiger partial charge in [-0.15, -0.1) is 0 Å². The summed E-state index contributed by atoms with van der Waals surface area (Å²) in [5, 5.41) is 8.97. The van der Waals surface area contributed by atoms with Crippen LogP contribution in [0.25, 0.3) is 0 Å². The van der Waals surface area contributed by atoms with Crippen molar-refractivity contribution in [2.75, 3.05) is 26.8 Å². The lowest BCUT2D eigenvalue weighted by molar-refractivity contribution is -0.163. The van der Waals surface area contributed by atoms with Crippen LogP contribution < -0.4 is 4.74 Å². The minimum atomic E-state index is -1.06. The molecule has 0 bridgehead atoms. The smallest absolute Gasteiger partial charge is 0.334 e. The van der Waals surface area contributed by atoms with Gasteiger partial charge in [0.25, 0.3) is 5.91 Å². The molecule has 1 saturated heterocycles. The number of carboxylic acids is 1. The second kappa shape index (κ2) is 7.94. The van der Waals surface area contributed by atoms with Gasteiger partial charge in [0.1, 0.15) is 11.9 Å². The Morgan fingerprint density at radius 3 is 2.96 bits per heavy atom. The Balaban J connectivity index is 1.88. The van der Waals surface area contributed by atoms with Gasteiger partial charge < -0.3 is 24.2 Å². The maximum atomic E-state index is 12.3. The van der Waals surface area contributed by atoms with Gasteiger partial charge in [-0.2, -0.15) is 0 Å². The molecule has 1 aliphatic heterocycles. The molecule has 1 heterocycles. The standard InChI is InChI=1S/C16H21NO6/c1-11(23-10-12-4-3-5-13(8-12)21-2)15(18)17-6-7-22-14(9-17)16(19)20/h3-5,8,11,14H,6-7,9-10H2,1-2H3,(H,19,20). The van der Waals surface area contributed by atoms with Gasteiger partial charge in [0.2, 0.25) is 0 Å². The monoisotopic (exact) mass is 323 g/mol. The highest BCUT2D eigenvalue weighted by Gasteiger charge is 2.31. The van der Waals surface area contributed by atoms with Crippen LogP contribution in [0, 0.1) is 0 Å². The molecule has 7 nitrogen and oxygen atoms in total. The largest absolute Gasteiger partial charge is 0.497 e. The van der Waals surface area contributed by atoms with Crippen LogP contribution >= 0.6 is 0 Å². The van der Waals surface area contributed by atoms with Crippen molar-refractivity contribution >= 4 is 11.9 Å². The molecule has 126 valence electrons. The third kappa shape index (κ3) is 4.67. The summed E-state index contributed by atoms with van der Waals surface area (Å²) >= 11 is 0. The lowest BCUT2D eigenvalue weighted by atomic mass is 10.2. The third-order valence-corrected chi connectivity index (χ3v) is 3.64. The van der Waals surface area contributed by atoms with Gasteiger partial charge in [-0.1, -0.05) is 12.1 Å². The summed E-state index contributed by atoms with van der Waals surface area (Å²) in [6.07, 6.45) is -1.63. The summed E-state index contributed by atoms with van der Waals surface area (Å²) in [6.45, 7) is 2.56. The second-order valence-electron chi connectivity index (χ2n) is 5.29. The third-order valence-electron chi connectivity index (χ3n) is 3.64. The summed E-state index contributed by atoms with van der Waals surface area (Å²) in [6, 6.07) is 7.41. The number of carbonyl (C=O) groups is 2. The highest BCUT2D eigenvalue weighted by Crippen LogP contribution is 2.15. The number of benzene rings is 1. The van der Waals surface area contributed by atoms with Crippen LogP contribution in [0.5, 0.6) is 5.75 Å². The number of ether oxygens (including phenoxy) is 3. The van der Waals surface area contributed by atoms with E-state index in [2.05, 4.69) is 0 Å². The Morgan fingerprint density at radius 2 is 2.26 bits per heavy atom. The molecule has 0 aliphatic carbocycles. The van der Waals surface area contributed by atoms with Crippen LogP contribution in [-0.2, 0) is 25.7 Å². The highest BCUT2D eigenvalue weighted by atomic mass is 16.5. The molecule has 1 aromatic carbocycles. The van der Waals surface area contributed by atoms with E-state index in [0.29, 0.717) is 6.54 Å². The van der Waals surface area contributed by atoms with Gasteiger partial charge in [0, 0.05) is 6.54 Å². The maximum absolute atomic E-state index is 12.3. The minimum absolute atomic E-state index is 0.0427. The van der Waals surface area contributed by atoms with Crippen LogP contribution in [-0.4, -0.2) is 60.9 Å². The van der Waals surface area contributed by atoms with Crippen LogP contribution in [0.4, 0.5) is 0 Å². The number of amides is 1. The molecular weight excluding hydrogens is 302 g/mol. The first-order valence-corrected chi connectivity index (χ1v) is 7.39. The van der Waals surface area contributed by atoms with Gasteiger partial charge in [0.15, 0.2) is 6.10 Å². The molecule has 2 unspecified atom stereocenters. The number of carbonyl (C=O) groups excluding carboxylic acids is 1. The van der Waals surface area contributed by atoms with Gasteiger partial charge in [0.05, 0.1) is 26.9 Å². The number of hydrogen-bond donors (Lipinski definition) is 1. The molecule has 2 rings (SSSR count). The Kier molecular flexibility index (Phi) is 5.95. The van der Waals surface area contributed by atoms with Gasteiger partial charge in [-0.3, -0.25) is 4.79 Å². The van der Waals surface area contributed by atoms with Crippen LogP contribution in [0.2, 0.25) is 0 Å². The number of morpholine rings is 1. The van der Waals surface area contributed by atoms with E-state index in [9.17, 15) is 9.59 Å². The van der Waals surface area contributed by atoms with Crippen molar-refractivity contribution in [2.24, 2.45) is 0 Å². The first-order valence-electron chi connectivity index (χ1n) is 7.39. The summed E-state index contributed by atoms with van der Waals surface area (Å²) in [5.41, 5.74) is 0.898. The maximum Gasteiger partial charge on any atom is 0.334 e. The van der Waals surface area contributed by atoms with Gasteiger partial charge in [-0.05, 0) is 24.6 Å². The predicted molar refractivity (Wildman–Crippen MR) is 81.2 cm³/mol. The van der Waals surface area contributed by atoms with Crippen LogP contribution in [0.15, 0.2) is 24.3 Å². The van der Waals surface area contributed by atoms with E-state index in [4.69, 9.17) is 19.3 Å². The molecule has 0 aromatic heterocycles. The molecule has 7 heteroatoms. The average molecular weight is 323 g/mol. The number of hydrogen-bond acceptors (Lipinski definition) is 5. The zero-order valence-electron chi connectivity index (χ0n) is 13.2. The lowest BCUT2D eigenvalue weighted by Crippen LogP contribution is -2.51. The number of methoxy groups -OCH3 is 1. The average Bonchev–Trinajstić information content (AvgIpc) is 2.59. The molecule has 1 aromatic rings. The first-order chi connectivity index (χ1) is 11.0. The van der Waals surface area contributed by atoms with E-state index in [1.54, 1.807) is 14.0 Å². The van der Waals surface area contributed by atoms with Crippen molar-refractivity contribution in [1.29, 1.82) is 0 Å². The van der Waals surface area contributed by atoms with E-state index < -0.39 is 18.2 Å². The molecule has 1 aliphatic rings. The molecule has 1 N–H and O–H groups in total. The van der Waals surface area contributed by atoms with E-state index in [0.717, 1.165) is 11.3 Å². The molecule has 2 atom stereocenters. The van der Waals surface area contributed by atoms with Crippen LogP contribution in [0.3, 0.4) is 0 Å². The lowest BCUT2D eigenvalue weighted by Gasteiger charge is -2.32. The molecule has 1 fully saturated rings. The first kappa shape index (κ1) is 17.2. The quantitative estimate of drug-likeness (QED) is 0.838. The van der Waals surface area contributed by atoms with Crippen molar-refractivity contribution in [1.82, 2.24) is 4.90 Å². The molecule has 0 spiro atoms. The predicted octanol–water partition coefficient (Wildman–Crippen LogP) is 0.912. The normalized spacial score (nSPS) is 19.2. The van der Waals surface area contributed by atoms with E-state index in [1.165, 1.54) is 4.90 Å². The summed E-state index contributed by atoms with van der Waals surface area (Å²) in [5.74, 6) is -0.572. The minimum Gasteiger partial charge on any atom is -0.497 e. The number of rotatable bonds is 6. The van der Waals surface area contributed by atoms with E-state index >= 15 is 0 Å². The Labute approximate surface area is 134 Å². The number of aliphatic carboxylic acids is 1. The van der Waals surface area contributed by atoms with Crippen molar-refractivity contribution in [2.45, 2.75) is 25.7 Å². The zero-order chi connectivity index (χ0) is 16.8. The fourth-order valence-electron chi connectivity index (χ4n) is 2.31. The second-order valence-corrected chi connectivity index (χ2v) is 5.29. The highest BCUT2D eigenvalue weighted by molar-refractivity contribution is 5.82. The SMILES string of the molecule is COc1cccc(COC(C)C(=O)N2CCOC(C(=O)O)C2)c1. The summed E-state index contributed by atoms with van der Waals surface area (Å²) < 4.78 is 15.8. The zero-order valence-corrected chi connectivity index (χ0v) is 13.2. The van der Waals surface area contributed by atoms with E-state index in [1.807, 2.05) is 24.3 Å². The number of carboxylic acid groups (broad SMARTS) is 1. The Hall–Kier alpha value is -2.12. The molecule has 0 radical (unpaired) electrons. The molecule has 1 amide bonds. The fourth-order valence-corrected chi connectivity index (χ4v) is 2.31. The van der Waals surface area contributed by atoms with Crippen molar-refractivity contribution in [3.05, 3.63) is 29.8 Å². The number of nitrogens with zero attached hydrogens (tertiary/aromatic N) is 1. The van der Waals surface area contributed by atoms with Gasteiger partial charge in [-0.25, -0.2) is 4.79 Å². The van der Waals surface area contributed by atoms with E-state index in [-0.39, 0.29) is 25.7 Å². The van der Waals surface area contributed by atoms with Gasteiger partial charge >= 0.3 is 5.97 Å². The Morgan fingerprint density at radius 1 is 1.48 bits per heavy atom. The summed E-state index contributed by atoms with van der Waals surface area (Å²) in [4.78, 5) is 24.8. The molecular formula is C16H21NO6. The topological polar surface area (TPSA) is 85.3 Å².